The lowest BCUT2D eigenvalue weighted by atomic mass is 9.96. The van der Waals surface area contributed by atoms with Gasteiger partial charge in [-0.1, -0.05) is 55.7 Å². The van der Waals surface area contributed by atoms with Gasteiger partial charge in [0.15, 0.2) is 0 Å². The molecule has 0 bridgehead atoms. The number of carbonyl (C=O) groups is 2. The molecule has 0 radical (unpaired) electrons. The molecule has 0 saturated heterocycles. The highest BCUT2D eigenvalue weighted by atomic mass is 32.2. The monoisotopic (exact) mass is 493 g/mol. The number of rotatable bonds is 7. The predicted molar refractivity (Wildman–Crippen MR) is 138 cm³/mol. The number of likely N-dealkylation sites (N-methyl/N-ethyl adjacent to an activating group) is 1. The van der Waals surface area contributed by atoms with Crippen LogP contribution in [-0.2, 0) is 14.8 Å². The van der Waals surface area contributed by atoms with Gasteiger partial charge in [0.25, 0.3) is 5.91 Å². The minimum Gasteiger partial charge on any atom is -0.332 e. The van der Waals surface area contributed by atoms with Gasteiger partial charge < -0.3 is 10.2 Å². The molecule has 3 aromatic carbocycles. The summed E-state index contributed by atoms with van der Waals surface area (Å²) in [5.74, 6) is -0.673. The Morgan fingerprint density at radius 1 is 0.886 bits per heavy atom. The van der Waals surface area contributed by atoms with Crippen LogP contribution >= 0.6 is 0 Å². The Kier molecular flexibility index (Phi) is 7.52. The van der Waals surface area contributed by atoms with Gasteiger partial charge in [-0.15, -0.1) is 0 Å². The van der Waals surface area contributed by atoms with Crippen molar-refractivity contribution in [1.82, 2.24) is 9.21 Å². The van der Waals surface area contributed by atoms with E-state index in [0.717, 1.165) is 42.9 Å². The molecule has 1 N–H and O–H groups in total. The Balaban J connectivity index is 1.40. The highest BCUT2D eigenvalue weighted by Crippen LogP contribution is 2.27. The van der Waals surface area contributed by atoms with Crippen molar-refractivity contribution in [2.24, 2.45) is 0 Å². The van der Waals surface area contributed by atoms with E-state index in [-0.39, 0.29) is 29.3 Å². The Labute approximate surface area is 206 Å². The number of nitrogens with one attached hydrogen (secondary N) is 1. The molecule has 35 heavy (non-hydrogen) atoms. The summed E-state index contributed by atoms with van der Waals surface area (Å²) in [6.45, 7) is -0.132. The van der Waals surface area contributed by atoms with Crippen molar-refractivity contribution < 1.29 is 18.0 Å². The van der Waals surface area contributed by atoms with Crippen LogP contribution in [0, 0.1) is 0 Å². The molecule has 0 aromatic heterocycles. The van der Waals surface area contributed by atoms with E-state index in [1.807, 2.05) is 42.5 Å². The van der Waals surface area contributed by atoms with E-state index in [4.69, 9.17) is 0 Å². The first kappa shape index (κ1) is 24.9. The standard InChI is InChI=1S/C27H31N3O4S/c1-29(19-26(31)28-25-14-8-10-20-9-6-7-13-24(20)25)27(32)21-15-17-23(18-16-21)35(33,34)30(2)22-11-4-3-5-12-22/h6-10,13-18,22H,3-5,11-12,19H2,1-2H3,(H,28,31). The number of sulfonamides is 1. The van der Waals surface area contributed by atoms with Crippen molar-refractivity contribution in [2.75, 3.05) is 26.0 Å². The Hall–Kier alpha value is -3.23. The molecule has 7 nitrogen and oxygen atoms in total. The number of carbonyl (C=O) groups excluding carboxylic acids is 2. The maximum Gasteiger partial charge on any atom is 0.254 e. The number of amides is 2. The van der Waals surface area contributed by atoms with E-state index in [1.165, 1.54) is 33.5 Å². The van der Waals surface area contributed by atoms with E-state index >= 15 is 0 Å². The molecule has 184 valence electrons. The van der Waals surface area contributed by atoms with Gasteiger partial charge in [-0.25, -0.2) is 8.42 Å². The molecule has 1 fully saturated rings. The highest BCUT2D eigenvalue weighted by molar-refractivity contribution is 7.89. The zero-order valence-corrected chi connectivity index (χ0v) is 20.9. The van der Waals surface area contributed by atoms with Crippen molar-refractivity contribution in [2.45, 2.75) is 43.0 Å². The van der Waals surface area contributed by atoms with Crippen LogP contribution in [-0.4, -0.2) is 56.1 Å². The fourth-order valence-corrected chi connectivity index (χ4v) is 6.02. The number of nitrogens with zero attached hydrogens (tertiary/aromatic N) is 2. The Morgan fingerprint density at radius 2 is 1.54 bits per heavy atom. The Bertz CT molecular complexity index is 1310. The molecular formula is C27H31N3O4S. The molecular weight excluding hydrogens is 462 g/mol. The Morgan fingerprint density at radius 3 is 2.26 bits per heavy atom. The zero-order valence-electron chi connectivity index (χ0n) is 20.1. The minimum atomic E-state index is -3.63. The van der Waals surface area contributed by atoms with Gasteiger partial charge in [0.2, 0.25) is 15.9 Å². The quantitative estimate of drug-likeness (QED) is 0.525. The molecule has 8 heteroatoms. The third kappa shape index (κ3) is 5.55. The van der Waals surface area contributed by atoms with Gasteiger partial charge in [-0.2, -0.15) is 4.31 Å². The molecule has 2 amide bonds. The molecule has 0 unspecified atom stereocenters. The summed E-state index contributed by atoms with van der Waals surface area (Å²) in [4.78, 5) is 27.0. The second-order valence-electron chi connectivity index (χ2n) is 9.07. The minimum absolute atomic E-state index is 0.0152. The van der Waals surface area contributed by atoms with Crippen LogP contribution < -0.4 is 5.32 Å². The number of hydrogen-bond acceptors (Lipinski definition) is 4. The molecule has 0 aliphatic heterocycles. The summed E-state index contributed by atoms with van der Waals surface area (Å²) in [6.07, 6.45) is 4.97. The van der Waals surface area contributed by atoms with Crippen LogP contribution in [0.2, 0.25) is 0 Å². The first-order chi connectivity index (χ1) is 16.8. The fraction of sp³-hybridized carbons (Fsp3) is 0.333. The van der Waals surface area contributed by atoms with E-state index < -0.39 is 10.0 Å². The number of hydrogen-bond donors (Lipinski definition) is 1. The second kappa shape index (κ2) is 10.6. The van der Waals surface area contributed by atoms with E-state index in [1.54, 1.807) is 14.1 Å². The van der Waals surface area contributed by atoms with Crippen LogP contribution in [0.5, 0.6) is 0 Å². The molecule has 1 aliphatic rings. The predicted octanol–water partition coefficient (Wildman–Crippen LogP) is 4.50. The summed E-state index contributed by atoms with van der Waals surface area (Å²) < 4.78 is 27.5. The van der Waals surface area contributed by atoms with Crippen LogP contribution in [0.15, 0.2) is 71.6 Å². The fourth-order valence-electron chi connectivity index (χ4n) is 4.61. The van der Waals surface area contributed by atoms with E-state index in [2.05, 4.69) is 5.32 Å². The maximum absolute atomic E-state index is 13.0. The smallest absolute Gasteiger partial charge is 0.254 e. The molecule has 3 aromatic rings. The summed E-state index contributed by atoms with van der Waals surface area (Å²) in [7, 11) is -0.449. The van der Waals surface area contributed by atoms with Crippen molar-refractivity contribution in [1.29, 1.82) is 0 Å². The van der Waals surface area contributed by atoms with Crippen molar-refractivity contribution in [3.8, 4) is 0 Å². The van der Waals surface area contributed by atoms with Gasteiger partial charge in [-0.05, 0) is 48.6 Å². The van der Waals surface area contributed by atoms with Gasteiger partial charge in [0.1, 0.15) is 0 Å². The lowest BCUT2D eigenvalue weighted by Crippen LogP contribution is -2.38. The van der Waals surface area contributed by atoms with Crippen molar-refractivity contribution >= 4 is 38.3 Å². The van der Waals surface area contributed by atoms with Gasteiger partial charge in [-0.3, -0.25) is 9.59 Å². The average molecular weight is 494 g/mol. The van der Waals surface area contributed by atoms with Gasteiger partial charge in [0, 0.05) is 36.8 Å². The number of anilines is 1. The third-order valence-electron chi connectivity index (χ3n) is 6.66. The first-order valence-corrected chi connectivity index (χ1v) is 13.3. The van der Waals surface area contributed by atoms with Crippen LogP contribution in [0.25, 0.3) is 10.8 Å². The SMILES string of the molecule is CN(CC(=O)Nc1cccc2ccccc12)C(=O)c1ccc(S(=O)(=O)N(C)C2CCCCC2)cc1. The van der Waals surface area contributed by atoms with Gasteiger partial charge >= 0.3 is 0 Å². The van der Waals surface area contributed by atoms with Crippen molar-refractivity contribution in [3.63, 3.8) is 0 Å². The van der Waals surface area contributed by atoms with Crippen LogP contribution in [0.3, 0.4) is 0 Å². The van der Waals surface area contributed by atoms with E-state index in [9.17, 15) is 18.0 Å². The van der Waals surface area contributed by atoms with E-state index in [0.29, 0.717) is 11.3 Å². The van der Waals surface area contributed by atoms with Crippen molar-refractivity contribution in [3.05, 3.63) is 72.3 Å². The molecule has 0 spiro atoms. The largest absolute Gasteiger partial charge is 0.332 e. The molecule has 4 rings (SSSR count). The molecule has 1 aliphatic carbocycles. The summed E-state index contributed by atoms with van der Waals surface area (Å²) in [5, 5.41) is 4.81. The molecule has 1 saturated carbocycles. The lowest BCUT2D eigenvalue weighted by molar-refractivity contribution is -0.116. The normalized spacial score (nSPS) is 14.7. The van der Waals surface area contributed by atoms with Gasteiger partial charge in [0.05, 0.1) is 11.4 Å². The average Bonchev–Trinajstić information content (AvgIpc) is 2.88. The molecule has 0 heterocycles. The topological polar surface area (TPSA) is 86.8 Å². The zero-order chi connectivity index (χ0) is 25.0. The van der Waals surface area contributed by atoms with Crippen LogP contribution in [0.1, 0.15) is 42.5 Å². The number of benzene rings is 3. The highest BCUT2D eigenvalue weighted by Gasteiger charge is 2.29. The lowest BCUT2D eigenvalue weighted by Gasteiger charge is -2.30. The summed E-state index contributed by atoms with van der Waals surface area (Å²) in [5.41, 5.74) is 1.01. The third-order valence-corrected chi connectivity index (χ3v) is 8.58. The summed E-state index contributed by atoms with van der Waals surface area (Å²) >= 11 is 0. The first-order valence-electron chi connectivity index (χ1n) is 11.9. The molecule has 0 atom stereocenters. The summed E-state index contributed by atoms with van der Waals surface area (Å²) in [6, 6.07) is 19.4. The maximum atomic E-state index is 13.0. The number of fused-ring (bicyclic) bond motifs is 1. The van der Waals surface area contributed by atoms with Crippen LogP contribution in [0.4, 0.5) is 5.69 Å². The second-order valence-corrected chi connectivity index (χ2v) is 11.1.